The predicted octanol–water partition coefficient (Wildman–Crippen LogP) is 2.99. The summed E-state index contributed by atoms with van der Waals surface area (Å²) in [5.74, 6) is 0.424. The van der Waals surface area contributed by atoms with E-state index in [-0.39, 0.29) is 16.8 Å². The zero-order valence-corrected chi connectivity index (χ0v) is 12.5. The highest BCUT2D eigenvalue weighted by Crippen LogP contribution is 2.12. The van der Waals surface area contributed by atoms with Crippen LogP contribution >= 0.6 is 0 Å². The fourth-order valence-electron chi connectivity index (χ4n) is 1.97. The number of nitrogens with one attached hydrogen (secondary N) is 1. The van der Waals surface area contributed by atoms with Crippen LogP contribution in [0.2, 0.25) is 0 Å². The molecular formula is C18H17NO3. The van der Waals surface area contributed by atoms with Crippen molar-refractivity contribution in [2.24, 2.45) is 0 Å². The molecule has 112 valence electrons. The summed E-state index contributed by atoms with van der Waals surface area (Å²) in [6.45, 7) is 0. The number of allylic oxidation sites excluding steroid dienone is 1. The maximum atomic E-state index is 12.2. The Balaban J connectivity index is 2.27. The summed E-state index contributed by atoms with van der Waals surface area (Å²) >= 11 is 0. The van der Waals surface area contributed by atoms with Gasteiger partial charge in [0.1, 0.15) is 5.75 Å². The molecule has 0 spiro atoms. The molecule has 22 heavy (non-hydrogen) atoms. The Morgan fingerprint density at radius 2 is 1.77 bits per heavy atom. The third kappa shape index (κ3) is 3.61. The summed E-state index contributed by atoms with van der Waals surface area (Å²) < 4.78 is 5.08. The van der Waals surface area contributed by atoms with Crippen LogP contribution in [0.4, 0.5) is 5.69 Å². The van der Waals surface area contributed by atoms with Crippen LogP contribution < -0.4 is 15.5 Å². The fraction of sp³-hybridized carbons (Fsp3) is 0.111. The first-order chi connectivity index (χ1) is 10.7. The molecule has 0 radical (unpaired) electrons. The van der Waals surface area contributed by atoms with Gasteiger partial charge in [0, 0.05) is 7.05 Å². The quantitative estimate of drug-likeness (QED) is 0.680. The van der Waals surface area contributed by atoms with Gasteiger partial charge in [-0.25, -0.2) is 0 Å². The van der Waals surface area contributed by atoms with Gasteiger partial charge in [0.2, 0.25) is 5.43 Å². The van der Waals surface area contributed by atoms with E-state index in [4.69, 9.17) is 4.74 Å². The van der Waals surface area contributed by atoms with Gasteiger partial charge in [-0.05, 0) is 35.9 Å². The second-order valence-corrected chi connectivity index (χ2v) is 4.60. The van der Waals surface area contributed by atoms with Crippen LogP contribution in [0.15, 0.2) is 59.4 Å². The van der Waals surface area contributed by atoms with Gasteiger partial charge in [-0.15, -0.1) is 0 Å². The van der Waals surface area contributed by atoms with Crippen LogP contribution in [0.25, 0.3) is 6.08 Å². The minimum Gasteiger partial charge on any atom is -0.497 e. The first-order valence-corrected chi connectivity index (χ1v) is 6.83. The van der Waals surface area contributed by atoms with Crippen molar-refractivity contribution in [3.05, 3.63) is 76.0 Å². The minimum atomic E-state index is -0.325. The highest BCUT2D eigenvalue weighted by molar-refractivity contribution is 6.07. The van der Waals surface area contributed by atoms with E-state index in [1.54, 1.807) is 38.4 Å². The molecule has 0 unspecified atom stereocenters. The number of hydrogen-bond acceptors (Lipinski definition) is 4. The van der Waals surface area contributed by atoms with Crippen LogP contribution in [0, 0.1) is 0 Å². The van der Waals surface area contributed by atoms with E-state index < -0.39 is 0 Å². The van der Waals surface area contributed by atoms with E-state index in [9.17, 15) is 9.59 Å². The molecule has 4 nitrogen and oxygen atoms in total. The largest absolute Gasteiger partial charge is 0.497 e. The molecule has 0 saturated heterocycles. The third-order valence-corrected chi connectivity index (χ3v) is 3.20. The van der Waals surface area contributed by atoms with Gasteiger partial charge < -0.3 is 10.1 Å². The Morgan fingerprint density at radius 1 is 1.09 bits per heavy atom. The van der Waals surface area contributed by atoms with Crippen molar-refractivity contribution < 1.29 is 9.53 Å². The van der Waals surface area contributed by atoms with E-state index in [0.717, 1.165) is 11.3 Å². The summed E-state index contributed by atoms with van der Waals surface area (Å²) in [5, 5.41) is 2.79. The van der Waals surface area contributed by atoms with Gasteiger partial charge in [0.15, 0.2) is 5.78 Å². The number of ether oxygens (including phenoxy) is 1. The molecule has 0 saturated carbocycles. The normalized spacial score (nSPS) is 10.5. The van der Waals surface area contributed by atoms with Crippen LogP contribution in [-0.2, 0) is 0 Å². The molecule has 0 aliphatic heterocycles. The van der Waals surface area contributed by atoms with Crippen LogP contribution in [0.3, 0.4) is 0 Å². The average molecular weight is 295 g/mol. The number of carbonyl (C=O) groups excluding carboxylic acids is 1. The van der Waals surface area contributed by atoms with Gasteiger partial charge in [-0.1, -0.05) is 30.3 Å². The zero-order chi connectivity index (χ0) is 15.9. The van der Waals surface area contributed by atoms with Gasteiger partial charge in [0.05, 0.1) is 18.4 Å². The molecule has 2 rings (SSSR count). The van der Waals surface area contributed by atoms with Crippen LogP contribution in [-0.4, -0.2) is 19.9 Å². The number of methoxy groups -OCH3 is 1. The summed E-state index contributed by atoms with van der Waals surface area (Å²) in [6, 6.07) is 13.9. The number of benzene rings is 1. The predicted molar refractivity (Wildman–Crippen MR) is 88.6 cm³/mol. The maximum absolute atomic E-state index is 12.2. The van der Waals surface area contributed by atoms with E-state index in [1.165, 1.54) is 12.1 Å². The number of anilines is 1. The topological polar surface area (TPSA) is 55.4 Å². The first-order valence-electron chi connectivity index (χ1n) is 6.83. The average Bonchev–Trinajstić information content (AvgIpc) is 2.74. The molecule has 0 aliphatic rings. The van der Waals surface area contributed by atoms with Crippen molar-refractivity contribution in [3.8, 4) is 5.75 Å². The van der Waals surface area contributed by atoms with E-state index in [1.807, 2.05) is 24.3 Å². The number of carbonyl (C=O) groups is 1. The number of ketones is 1. The highest BCUT2D eigenvalue weighted by atomic mass is 16.5. The van der Waals surface area contributed by atoms with Crippen molar-refractivity contribution in [1.82, 2.24) is 0 Å². The van der Waals surface area contributed by atoms with Crippen LogP contribution in [0.1, 0.15) is 15.9 Å². The maximum Gasteiger partial charge on any atom is 0.212 e. The Bertz CT molecular complexity index is 749. The zero-order valence-electron chi connectivity index (χ0n) is 12.5. The van der Waals surface area contributed by atoms with Crippen molar-refractivity contribution in [1.29, 1.82) is 0 Å². The lowest BCUT2D eigenvalue weighted by atomic mass is 10.1. The molecule has 4 heteroatoms. The Labute approximate surface area is 129 Å². The summed E-state index contributed by atoms with van der Waals surface area (Å²) in [4.78, 5) is 24.4. The monoisotopic (exact) mass is 295 g/mol. The number of rotatable bonds is 5. The van der Waals surface area contributed by atoms with Gasteiger partial charge in [0.25, 0.3) is 0 Å². The Morgan fingerprint density at radius 3 is 2.41 bits per heavy atom. The van der Waals surface area contributed by atoms with Crippen molar-refractivity contribution in [3.63, 3.8) is 0 Å². The molecule has 0 aromatic heterocycles. The van der Waals surface area contributed by atoms with Gasteiger partial charge in [-0.3, -0.25) is 9.59 Å². The van der Waals surface area contributed by atoms with Gasteiger partial charge in [-0.2, -0.15) is 0 Å². The number of hydrogen-bond donors (Lipinski definition) is 1. The fourth-order valence-corrected chi connectivity index (χ4v) is 1.97. The van der Waals surface area contributed by atoms with Crippen molar-refractivity contribution in [2.75, 3.05) is 19.5 Å². The third-order valence-electron chi connectivity index (χ3n) is 3.20. The highest BCUT2D eigenvalue weighted by Gasteiger charge is 2.08. The van der Waals surface area contributed by atoms with E-state index in [0.29, 0.717) is 5.69 Å². The smallest absolute Gasteiger partial charge is 0.212 e. The Hall–Kier alpha value is -2.88. The van der Waals surface area contributed by atoms with E-state index >= 15 is 0 Å². The van der Waals surface area contributed by atoms with E-state index in [2.05, 4.69) is 5.32 Å². The molecule has 2 aromatic carbocycles. The molecule has 2 aromatic rings. The molecular weight excluding hydrogens is 278 g/mol. The Kier molecular flexibility index (Phi) is 5.09. The minimum absolute atomic E-state index is 0.138. The standard InChI is InChI=1S/C18H17NO3/c1-19-16-6-4-3-5-15(18(16)21)17(20)12-9-13-7-10-14(22-2)11-8-13/h3-12H,1-2H3,(H,19,21)/b12-9-. The molecule has 0 atom stereocenters. The SMILES string of the molecule is CNc1ccccc(C(=O)/C=C\c2ccc(OC)cc2)c1=O. The summed E-state index contributed by atoms with van der Waals surface area (Å²) in [7, 11) is 3.25. The summed E-state index contributed by atoms with van der Waals surface area (Å²) in [6.07, 6.45) is 3.07. The molecule has 0 bridgehead atoms. The van der Waals surface area contributed by atoms with Crippen molar-refractivity contribution >= 4 is 17.5 Å². The molecule has 0 heterocycles. The second-order valence-electron chi connectivity index (χ2n) is 4.60. The lowest BCUT2D eigenvalue weighted by Crippen LogP contribution is -2.14. The van der Waals surface area contributed by atoms with Crippen molar-refractivity contribution in [2.45, 2.75) is 0 Å². The lowest BCUT2D eigenvalue weighted by molar-refractivity contribution is 0.104. The van der Waals surface area contributed by atoms with Crippen LogP contribution in [0.5, 0.6) is 5.75 Å². The second kappa shape index (κ2) is 7.22. The molecule has 0 aliphatic carbocycles. The molecule has 1 N–H and O–H groups in total. The molecule has 0 amide bonds. The summed E-state index contributed by atoms with van der Waals surface area (Å²) in [5.41, 5.74) is 1.08. The first kappa shape index (κ1) is 15.5. The molecule has 0 fully saturated rings. The lowest BCUT2D eigenvalue weighted by Gasteiger charge is -1.99. The van der Waals surface area contributed by atoms with Gasteiger partial charge >= 0.3 is 0 Å².